The van der Waals surface area contributed by atoms with Gasteiger partial charge in [-0.2, -0.15) is 0 Å². The number of halogens is 1. The van der Waals surface area contributed by atoms with Crippen LogP contribution in [0.2, 0.25) is 5.02 Å². The Labute approximate surface area is 117 Å². The number of carboxylic acids is 1. The molecule has 19 heavy (non-hydrogen) atoms. The van der Waals surface area contributed by atoms with Crippen molar-refractivity contribution in [2.45, 2.75) is 20.3 Å². The Kier molecular flexibility index (Phi) is 5.63. The van der Waals surface area contributed by atoms with Crippen LogP contribution in [0.25, 0.3) is 0 Å². The number of carbonyl (C=O) groups excluding carboxylic acids is 1. The topological polar surface area (TPSA) is 69.6 Å². The first-order chi connectivity index (χ1) is 9.01. The van der Waals surface area contributed by atoms with Crippen molar-refractivity contribution in [2.24, 2.45) is 0 Å². The number of carbonyl (C=O) groups is 2. The van der Waals surface area contributed by atoms with Gasteiger partial charge in [-0.3, -0.25) is 0 Å². The highest BCUT2D eigenvalue weighted by Gasteiger charge is 2.18. The molecule has 0 bridgehead atoms. The number of urea groups is 1. The van der Waals surface area contributed by atoms with Gasteiger partial charge in [0.05, 0.1) is 10.7 Å². The third-order valence-electron chi connectivity index (χ3n) is 2.63. The molecular weight excluding hydrogens is 268 g/mol. The molecular formula is C13H17ClN2O3. The molecule has 0 aromatic heterocycles. The van der Waals surface area contributed by atoms with Crippen molar-refractivity contribution in [1.82, 2.24) is 4.90 Å². The van der Waals surface area contributed by atoms with E-state index >= 15 is 0 Å². The first-order valence-corrected chi connectivity index (χ1v) is 6.46. The molecule has 0 spiro atoms. The van der Waals surface area contributed by atoms with Gasteiger partial charge in [-0.05, 0) is 25.5 Å². The number of aromatic carboxylic acids is 1. The molecule has 0 heterocycles. The number of anilines is 1. The highest BCUT2D eigenvalue weighted by molar-refractivity contribution is 6.34. The first-order valence-electron chi connectivity index (χ1n) is 6.09. The van der Waals surface area contributed by atoms with Crippen molar-refractivity contribution < 1.29 is 14.7 Å². The van der Waals surface area contributed by atoms with Crippen LogP contribution in [-0.4, -0.2) is 35.1 Å². The Balaban J connectivity index is 2.96. The first kappa shape index (κ1) is 15.3. The van der Waals surface area contributed by atoms with E-state index in [1.54, 1.807) is 11.0 Å². The Hall–Kier alpha value is -1.75. The smallest absolute Gasteiger partial charge is 0.339 e. The molecule has 104 valence electrons. The lowest BCUT2D eigenvalue weighted by Gasteiger charge is -2.21. The lowest BCUT2D eigenvalue weighted by molar-refractivity contribution is 0.0698. The summed E-state index contributed by atoms with van der Waals surface area (Å²) < 4.78 is 0. The van der Waals surface area contributed by atoms with Crippen LogP contribution in [0.3, 0.4) is 0 Å². The highest BCUT2D eigenvalue weighted by Crippen LogP contribution is 2.24. The second kappa shape index (κ2) is 6.99. The summed E-state index contributed by atoms with van der Waals surface area (Å²) in [6, 6.07) is 4.27. The van der Waals surface area contributed by atoms with E-state index in [1.807, 2.05) is 13.8 Å². The van der Waals surface area contributed by atoms with E-state index in [-0.39, 0.29) is 22.3 Å². The van der Waals surface area contributed by atoms with E-state index in [0.717, 1.165) is 6.42 Å². The minimum Gasteiger partial charge on any atom is -0.478 e. The fraction of sp³-hybridized carbons (Fsp3) is 0.385. The molecule has 0 fully saturated rings. The summed E-state index contributed by atoms with van der Waals surface area (Å²) in [7, 11) is 0. The van der Waals surface area contributed by atoms with E-state index in [9.17, 15) is 9.59 Å². The summed E-state index contributed by atoms with van der Waals surface area (Å²) in [5.74, 6) is -1.17. The highest BCUT2D eigenvalue weighted by atomic mass is 35.5. The van der Waals surface area contributed by atoms with Crippen molar-refractivity contribution in [2.75, 3.05) is 18.4 Å². The number of amides is 2. The molecule has 2 N–H and O–H groups in total. The molecule has 1 aromatic rings. The molecule has 0 saturated carbocycles. The molecule has 0 aliphatic heterocycles. The van der Waals surface area contributed by atoms with Crippen LogP contribution < -0.4 is 5.32 Å². The number of hydrogen-bond acceptors (Lipinski definition) is 2. The van der Waals surface area contributed by atoms with Crippen LogP contribution >= 0.6 is 11.6 Å². The van der Waals surface area contributed by atoms with E-state index in [4.69, 9.17) is 16.7 Å². The van der Waals surface area contributed by atoms with Crippen LogP contribution in [0, 0.1) is 0 Å². The van der Waals surface area contributed by atoms with Crippen LogP contribution in [0.1, 0.15) is 30.6 Å². The molecule has 6 heteroatoms. The third kappa shape index (κ3) is 3.86. The summed E-state index contributed by atoms with van der Waals surface area (Å²) in [6.07, 6.45) is 0.836. The van der Waals surface area contributed by atoms with Gasteiger partial charge < -0.3 is 15.3 Å². The second-order valence-electron chi connectivity index (χ2n) is 3.98. The zero-order valence-corrected chi connectivity index (χ0v) is 11.7. The van der Waals surface area contributed by atoms with Crippen LogP contribution in [0.15, 0.2) is 18.2 Å². The van der Waals surface area contributed by atoms with Gasteiger partial charge in [0, 0.05) is 13.1 Å². The summed E-state index contributed by atoms with van der Waals surface area (Å²) in [5, 5.41) is 11.8. The largest absolute Gasteiger partial charge is 0.478 e. The number of hydrogen-bond donors (Lipinski definition) is 2. The lowest BCUT2D eigenvalue weighted by atomic mass is 10.2. The molecule has 1 rings (SSSR count). The van der Waals surface area contributed by atoms with Gasteiger partial charge in [-0.15, -0.1) is 0 Å². The minimum absolute atomic E-state index is 0.0925. The summed E-state index contributed by atoms with van der Waals surface area (Å²) in [5.41, 5.74) is 0.115. The third-order valence-corrected chi connectivity index (χ3v) is 2.95. The summed E-state index contributed by atoms with van der Waals surface area (Å²) >= 11 is 5.84. The van der Waals surface area contributed by atoms with E-state index < -0.39 is 5.97 Å². The Morgan fingerprint density at radius 3 is 2.58 bits per heavy atom. The zero-order chi connectivity index (χ0) is 14.4. The maximum atomic E-state index is 12.0. The SMILES string of the molecule is CCCN(CC)C(=O)Nc1cccc(Cl)c1C(=O)O. The number of nitrogens with zero attached hydrogens (tertiary/aromatic N) is 1. The molecule has 0 aliphatic carbocycles. The van der Waals surface area contributed by atoms with Gasteiger partial charge in [0.15, 0.2) is 0 Å². The Morgan fingerprint density at radius 2 is 2.05 bits per heavy atom. The summed E-state index contributed by atoms with van der Waals surface area (Å²) in [4.78, 5) is 24.7. The minimum atomic E-state index is -1.17. The van der Waals surface area contributed by atoms with E-state index in [2.05, 4.69) is 5.32 Å². The fourth-order valence-corrected chi connectivity index (χ4v) is 1.97. The van der Waals surface area contributed by atoms with Crippen molar-refractivity contribution in [3.63, 3.8) is 0 Å². The van der Waals surface area contributed by atoms with Gasteiger partial charge in [0.1, 0.15) is 5.56 Å². The predicted octanol–water partition coefficient (Wildman–Crippen LogP) is 3.30. The monoisotopic (exact) mass is 284 g/mol. The van der Waals surface area contributed by atoms with Crippen molar-refractivity contribution in [3.8, 4) is 0 Å². The molecule has 0 aliphatic rings. The van der Waals surface area contributed by atoms with E-state index in [0.29, 0.717) is 13.1 Å². The van der Waals surface area contributed by atoms with Crippen molar-refractivity contribution in [1.29, 1.82) is 0 Å². The zero-order valence-electron chi connectivity index (χ0n) is 10.9. The maximum absolute atomic E-state index is 12.0. The normalized spacial score (nSPS) is 10.1. The standard InChI is InChI=1S/C13H17ClN2O3/c1-3-8-16(4-2)13(19)15-10-7-5-6-9(14)11(10)12(17)18/h5-7H,3-4,8H2,1-2H3,(H,15,19)(H,17,18). The Bertz CT molecular complexity index is 477. The molecule has 0 saturated heterocycles. The molecule has 5 nitrogen and oxygen atoms in total. The van der Waals surface area contributed by atoms with Crippen molar-refractivity contribution in [3.05, 3.63) is 28.8 Å². The van der Waals surface area contributed by atoms with Gasteiger partial charge >= 0.3 is 12.0 Å². The fourth-order valence-electron chi connectivity index (χ4n) is 1.71. The number of carboxylic acid groups (broad SMARTS) is 1. The molecule has 0 unspecified atom stereocenters. The molecule has 0 radical (unpaired) electrons. The number of benzene rings is 1. The quantitative estimate of drug-likeness (QED) is 0.871. The van der Waals surface area contributed by atoms with Gasteiger partial charge in [-0.25, -0.2) is 9.59 Å². The average Bonchev–Trinajstić information content (AvgIpc) is 2.35. The average molecular weight is 285 g/mol. The van der Waals surface area contributed by atoms with Crippen LogP contribution in [-0.2, 0) is 0 Å². The molecule has 0 atom stereocenters. The predicted molar refractivity (Wildman–Crippen MR) is 75.0 cm³/mol. The van der Waals surface area contributed by atoms with Gasteiger partial charge in [0.25, 0.3) is 0 Å². The maximum Gasteiger partial charge on any atom is 0.339 e. The second-order valence-corrected chi connectivity index (χ2v) is 4.38. The number of rotatable bonds is 5. The van der Waals surface area contributed by atoms with Crippen LogP contribution in [0.5, 0.6) is 0 Å². The molecule has 2 amide bonds. The van der Waals surface area contributed by atoms with E-state index in [1.165, 1.54) is 12.1 Å². The van der Waals surface area contributed by atoms with Crippen molar-refractivity contribution >= 4 is 29.3 Å². The molecule has 1 aromatic carbocycles. The van der Waals surface area contributed by atoms with Gasteiger partial charge in [-0.1, -0.05) is 24.6 Å². The Morgan fingerprint density at radius 1 is 1.37 bits per heavy atom. The summed E-state index contributed by atoms with van der Waals surface area (Å²) in [6.45, 7) is 5.01. The lowest BCUT2D eigenvalue weighted by Crippen LogP contribution is -2.35. The number of nitrogens with one attached hydrogen (secondary N) is 1. The van der Waals surface area contributed by atoms with Gasteiger partial charge in [0.2, 0.25) is 0 Å². The van der Waals surface area contributed by atoms with Crippen LogP contribution in [0.4, 0.5) is 10.5 Å².